The number of rotatable bonds is 6. The summed E-state index contributed by atoms with van der Waals surface area (Å²) in [5.74, 6) is -0.0915. The van der Waals surface area contributed by atoms with E-state index in [-0.39, 0.29) is 25.1 Å². The van der Waals surface area contributed by atoms with Gasteiger partial charge in [0.25, 0.3) is 0 Å². The summed E-state index contributed by atoms with van der Waals surface area (Å²) in [6, 6.07) is 7.63. The number of benzene rings is 1. The maximum atomic E-state index is 11.6. The molecule has 1 aromatic carbocycles. The van der Waals surface area contributed by atoms with E-state index in [1.54, 1.807) is 0 Å². The zero-order chi connectivity index (χ0) is 12.7. The number of hydrogen-bond donors (Lipinski definition) is 3. The second kappa shape index (κ2) is 7.04. The molecule has 4 heteroatoms. The molecule has 0 bridgehead atoms. The van der Waals surface area contributed by atoms with Crippen LogP contribution in [0.5, 0.6) is 0 Å². The number of aliphatic hydroxyl groups excluding tert-OH is 1. The quantitative estimate of drug-likeness (QED) is 0.697. The Hall–Kier alpha value is -1.39. The van der Waals surface area contributed by atoms with E-state index in [2.05, 4.69) is 10.6 Å². The van der Waals surface area contributed by atoms with Crippen molar-refractivity contribution in [3.8, 4) is 0 Å². The average molecular weight is 236 g/mol. The van der Waals surface area contributed by atoms with Gasteiger partial charge in [-0.1, -0.05) is 25.1 Å². The van der Waals surface area contributed by atoms with E-state index in [0.717, 1.165) is 17.7 Å². The summed E-state index contributed by atoms with van der Waals surface area (Å²) in [5, 5.41) is 14.8. The SMILES string of the molecule is CCC(CO)NCC(=O)Nc1ccccc1C. The molecule has 0 aromatic heterocycles. The van der Waals surface area contributed by atoms with E-state index < -0.39 is 0 Å². The van der Waals surface area contributed by atoms with Crippen molar-refractivity contribution in [1.82, 2.24) is 5.32 Å². The van der Waals surface area contributed by atoms with Crippen LogP contribution in [0.15, 0.2) is 24.3 Å². The summed E-state index contributed by atoms with van der Waals surface area (Å²) >= 11 is 0. The van der Waals surface area contributed by atoms with Crippen LogP contribution in [0.3, 0.4) is 0 Å². The van der Waals surface area contributed by atoms with Crippen molar-refractivity contribution < 1.29 is 9.90 Å². The monoisotopic (exact) mass is 236 g/mol. The predicted molar refractivity (Wildman–Crippen MR) is 69.0 cm³/mol. The zero-order valence-electron chi connectivity index (χ0n) is 10.4. The van der Waals surface area contributed by atoms with Crippen molar-refractivity contribution >= 4 is 11.6 Å². The Morgan fingerprint density at radius 1 is 1.41 bits per heavy atom. The predicted octanol–water partition coefficient (Wildman–Crippen LogP) is 1.29. The second-order valence-electron chi connectivity index (χ2n) is 4.03. The lowest BCUT2D eigenvalue weighted by Gasteiger charge is -2.14. The van der Waals surface area contributed by atoms with Crippen molar-refractivity contribution in [3.05, 3.63) is 29.8 Å². The van der Waals surface area contributed by atoms with Crippen LogP contribution in [-0.2, 0) is 4.79 Å². The van der Waals surface area contributed by atoms with E-state index in [1.165, 1.54) is 0 Å². The van der Waals surface area contributed by atoms with Gasteiger partial charge in [0.05, 0.1) is 13.2 Å². The molecule has 4 nitrogen and oxygen atoms in total. The molecule has 0 aliphatic heterocycles. The number of nitrogens with one attached hydrogen (secondary N) is 2. The standard InChI is InChI=1S/C13H20N2O2/c1-3-11(9-16)14-8-13(17)15-12-7-5-4-6-10(12)2/h4-7,11,14,16H,3,8-9H2,1-2H3,(H,15,17). The fourth-order valence-electron chi connectivity index (χ4n) is 1.48. The largest absolute Gasteiger partial charge is 0.395 e. The highest BCUT2D eigenvalue weighted by atomic mass is 16.3. The second-order valence-corrected chi connectivity index (χ2v) is 4.03. The first-order valence-electron chi connectivity index (χ1n) is 5.87. The maximum Gasteiger partial charge on any atom is 0.238 e. The number of aryl methyl sites for hydroxylation is 1. The lowest BCUT2D eigenvalue weighted by Crippen LogP contribution is -2.37. The molecule has 94 valence electrons. The minimum atomic E-state index is -0.0915. The first-order valence-corrected chi connectivity index (χ1v) is 5.87. The molecule has 0 heterocycles. The molecule has 1 unspecified atom stereocenters. The molecule has 0 spiro atoms. The third-order valence-electron chi connectivity index (χ3n) is 2.68. The van der Waals surface area contributed by atoms with E-state index in [1.807, 2.05) is 38.1 Å². The number of carbonyl (C=O) groups excluding carboxylic acids is 1. The molecule has 1 atom stereocenters. The average Bonchev–Trinajstić information content (AvgIpc) is 2.33. The highest BCUT2D eigenvalue weighted by molar-refractivity contribution is 5.92. The first kappa shape index (κ1) is 13.7. The molecule has 3 N–H and O–H groups in total. The number of amides is 1. The molecular weight excluding hydrogens is 216 g/mol. The fourth-order valence-corrected chi connectivity index (χ4v) is 1.48. The molecule has 0 saturated carbocycles. The summed E-state index contributed by atoms with van der Waals surface area (Å²) in [6.45, 7) is 4.18. The highest BCUT2D eigenvalue weighted by Gasteiger charge is 2.07. The van der Waals surface area contributed by atoms with Gasteiger partial charge < -0.3 is 15.7 Å². The smallest absolute Gasteiger partial charge is 0.238 e. The number of hydrogen-bond acceptors (Lipinski definition) is 3. The third kappa shape index (κ3) is 4.54. The van der Waals surface area contributed by atoms with E-state index in [0.29, 0.717) is 0 Å². The van der Waals surface area contributed by atoms with Gasteiger partial charge in [-0.15, -0.1) is 0 Å². The van der Waals surface area contributed by atoms with Crippen LogP contribution < -0.4 is 10.6 Å². The summed E-state index contributed by atoms with van der Waals surface area (Å²) in [5.41, 5.74) is 1.87. The molecular formula is C13H20N2O2. The van der Waals surface area contributed by atoms with Gasteiger partial charge in [0.2, 0.25) is 5.91 Å². The van der Waals surface area contributed by atoms with Gasteiger partial charge in [-0.05, 0) is 25.0 Å². The minimum absolute atomic E-state index is 0.0161. The maximum absolute atomic E-state index is 11.6. The number of aliphatic hydroxyl groups is 1. The Balaban J connectivity index is 2.42. The van der Waals surface area contributed by atoms with Crippen molar-refractivity contribution in [1.29, 1.82) is 0 Å². The Bertz CT molecular complexity index is 362. The van der Waals surface area contributed by atoms with Crippen LogP contribution in [0.4, 0.5) is 5.69 Å². The molecule has 0 radical (unpaired) electrons. The molecule has 17 heavy (non-hydrogen) atoms. The van der Waals surface area contributed by atoms with Crippen molar-refractivity contribution in [2.24, 2.45) is 0 Å². The van der Waals surface area contributed by atoms with Gasteiger partial charge in [0.1, 0.15) is 0 Å². The van der Waals surface area contributed by atoms with E-state index >= 15 is 0 Å². The summed E-state index contributed by atoms with van der Waals surface area (Å²) < 4.78 is 0. The molecule has 0 saturated heterocycles. The molecule has 1 aromatic rings. The van der Waals surface area contributed by atoms with Crippen LogP contribution in [0.1, 0.15) is 18.9 Å². The van der Waals surface area contributed by atoms with Crippen LogP contribution in [0.25, 0.3) is 0 Å². The van der Waals surface area contributed by atoms with Crippen LogP contribution in [0.2, 0.25) is 0 Å². The Labute approximate surface area is 102 Å². The molecule has 0 aliphatic carbocycles. The van der Waals surface area contributed by atoms with Gasteiger partial charge in [-0.25, -0.2) is 0 Å². The lowest BCUT2D eigenvalue weighted by molar-refractivity contribution is -0.115. The normalized spacial score (nSPS) is 12.2. The Morgan fingerprint density at radius 3 is 2.71 bits per heavy atom. The van der Waals surface area contributed by atoms with Crippen molar-refractivity contribution in [2.45, 2.75) is 26.3 Å². The van der Waals surface area contributed by atoms with Crippen LogP contribution in [0, 0.1) is 6.92 Å². The van der Waals surface area contributed by atoms with Crippen molar-refractivity contribution in [2.75, 3.05) is 18.5 Å². The summed E-state index contributed by atoms with van der Waals surface area (Å²) in [4.78, 5) is 11.6. The molecule has 0 aliphatic rings. The summed E-state index contributed by atoms with van der Waals surface area (Å²) in [6.07, 6.45) is 0.800. The number of anilines is 1. The highest BCUT2D eigenvalue weighted by Crippen LogP contribution is 2.12. The lowest BCUT2D eigenvalue weighted by atomic mass is 10.2. The first-order chi connectivity index (χ1) is 8.17. The van der Waals surface area contributed by atoms with Gasteiger partial charge in [0.15, 0.2) is 0 Å². The van der Waals surface area contributed by atoms with Gasteiger partial charge in [-0.3, -0.25) is 4.79 Å². The molecule has 0 fully saturated rings. The Morgan fingerprint density at radius 2 is 2.12 bits per heavy atom. The van der Waals surface area contributed by atoms with Crippen LogP contribution >= 0.6 is 0 Å². The minimum Gasteiger partial charge on any atom is -0.395 e. The van der Waals surface area contributed by atoms with Gasteiger partial charge >= 0.3 is 0 Å². The third-order valence-corrected chi connectivity index (χ3v) is 2.68. The van der Waals surface area contributed by atoms with Gasteiger partial charge in [0, 0.05) is 11.7 Å². The van der Waals surface area contributed by atoms with Crippen LogP contribution in [-0.4, -0.2) is 30.2 Å². The number of carbonyl (C=O) groups is 1. The molecule has 1 rings (SSSR count). The zero-order valence-corrected chi connectivity index (χ0v) is 10.4. The fraction of sp³-hybridized carbons (Fsp3) is 0.462. The van der Waals surface area contributed by atoms with E-state index in [4.69, 9.17) is 5.11 Å². The van der Waals surface area contributed by atoms with E-state index in [9.17, 15) is 4.79 Å². The Kier molecular flexibility index (Phi) is 5.66. The molecule has 1 amide bonds. The number of para-hydroxylation sites is 1. The van der Waals surface area contributed by atoms with Crippen molar-refractivity contribution in [3.63, 3.8) is 0 Å². The summed E-state index contributed by atoms with van der Waals surface area (Å²) in [7, 11) is 0. The topological polar surface area (TPSA) is 61.4 Å². The van der Waals surface area contributed by atoms with Gasteiger partial charge in [-0.2, -0.15) is 0 Å².